The first-order chi connectivity index (χ1) is 12.8. The highest BCUT2D eigenvalue weighted by Gasteiger charge is 2.18. The molecule has 6 nitrogen and oxygen atoms in total. The lowest BCUT2D eigenvalue weighted by Gasteiger charge is -2.17. The van der Waals surface area contributed by atoms with Crippen molar-refractivity contribution in [1.82, 2.24) is 15.2 Å². The van der Waals surface area contributed by atoms with Crippen molar-refractivity contribution in [3.05, 3.63) is 83.4 Å². The Kier molecular flexibility index (Phi) is 6.11. The maximum atomic E-state index is 11.7. The molecule has 1 heterocycles. The standard InChI is InChI=1S/C20H21N3O3/c1-2-25-20(24)19-21-18(22-23-19)13-17(16-11-7-4-8-12-16)26-14-15-9-5-3-6-10-15/h3-12,17H,2,13-14H2,1H3,(H,21,22,23). The summed E-state index contributed by atoms with van der Waals surface area (Å²) in [5.41, 5.74) is 2.13. The number of rotatable bonds is 8. The van der Waals surface area contributed by atoms with Crippen molar-refractivity contribution in [2.75, 3.05) is 6.61 Å². The number of aromatic nitrogens is 3. The Labute approximate surface area is 152 Å². The van der Waals surface area contributed by atoms with Crippen LogP contribution in [0.1, 0.15) is 40.6 Å². The lowest BCUT2D eigenvalue weighted by atomic mass is 10.1. The smallest absolute Gasteiger partial charge is 0.378 e. The lowest BCUT2D eigenvalue weighted by molar-refractivity contribution is 0.0385. The van der Waals surface area contributed by atoms with Crippen molar-refractivity contribution >= 4 is 5.97 Å². The highest BCUT2D eigenvalue weighted by molar-refractivity contribution is 5.84. The maximum Gasteiger partial charge on any atom is 0.378 e. The van der Waals surface area contributed by atoms with Crippen LogP contribution in [0.4, 0.5) is 0 Å². The zero-order chi connectivity index (χ0) is 18.2. The molecular formula is C20H21N3O3. The minimum absolute atomic E-state index is 0.0386. The van der Waals surface area contributed by atoms with Gasteiger partial charge in [-0.25, -0.2) is 9.78 Å². The second-order valence-electron chi connectivity index (χ2n) is 5.73. The van der Waals surface area contributed by atoms with E-state index in [0.29, 0.717) is 18.9 Å². The van der Waals surface area contributed by atoms with E-state index in [4.69, 9.17) is 9.47 Å². The molecule has 26 heavy (non-hydrogen) atoms. The molecule has 2 aromatic carbocycles. The molecule has 0 aliphatic rings. The molecule has 0 aliphatic carbocycles. The van der Waals surface area contributed by atoms with Crippen LogP contribution in [0.15, 0.2) is 60.7 Å². The zero-order valence-electron chi connectivity index (χ0n) is 14.6. The van der Waals surface area contributed by atoms with Crippen LogP contribution in [0.2, 0.25) is 0 Å². The summed E-state index contributed by atoms with van der Waals surface area (Å²) in [5, 5.41) is 6.74. The first-order valence-corrected chi connectivity index (χ1v) is 8.55. The summed E-state index contributed by atoms with van der Waals surface area (Å²) in [4.78, 5) is 16.0. The average Bonchev–Trinajstić information content (AvgIpc) is 3.15. The van der Waals surface area contributed by atoms with Gasteiger partial charge in [0.15, 0.2) is 0 Å². The van der Waals surface area contributed by atoms with E-state index in [1.165, 1.54) is 0 Å². The Morgan fingerprint density at radius 2 is 1.77 bits per heavy atom. The molecule has 0 radical (unpaired) electrons. The predicted octanol–water partition coefficient (Wildman–Crippen LogP) is 3.48. The Balaban J connectivity index is 1.72. The van der Waals surface area contributed by atoms with Gasteiger partial charge in [-0.3, -0.25) is 5.10 Å². The van der Waals surface area contributed by atoms with Crippen LogP contribution in [0, 0.1) is 0 Å². The van der Waals surface area contributed by atoms with E-state index in [-0.39, 0.29) is 18.5 Å². The first-order valence-electron chi connectivity index (χ1n) is 8.55. The minimum atomic E-state index is -0.531. The van der Waals surface area contributed by atoms with Gasteiger partial charge in [-0.1, -0.05) is 60.7 Å². The molecule has 3 rings (SSSR count). The number of hydrogen-bond donors (Lipinski definition) is 1. The van der Waals surface area contributed by atoms with Crippen LogP contribution in [0.5, 0.6) is 0 Å². The predicted molar refractivity (Wildman–Crippen MR) is 96.5 cm³/mol. The van der Waals surface area contributed by atoms with E-state index in [1.807, 2.05) is 60.7 Å². The van der Waals surface area contributed by atoms with Gasteiger partial charge in [-0.05, 0) is 18.1 Å². The third-order valence-electron chi connectivity index (χ3n) is 3.83. The quantitative estimate of drug-likeness (QED) is 0.629. The maximum absolute atomic E-state index is 11.7. The number of hydrogen-bond acceptors (Lipinski definition) is 5. The van der Waals surface area contributed by atoms with Crippen molar-refractivity contribution in [1.29, 1.82) is 0 Å². The third-order valence-corrected chi connectivity index (χ3v) is 3.83. The number of carbonyl (C=O) groups is 1. The normalized spacial score (nSPS) is 11.9. The summed E-state index contributed by atoms with van der Waals surface area (Å²) in [5.74, 6) is 0.0863. The van der Waals surface area contributed by atoms with Gasteiger partial charge in [0.25, 0.3) is 5.82 Å². The van der Waals surface area contributed by atoms with Crippen LogP contribution in [0.3, 0.4) is 0 Å². The van der Waals surface area contributed by atoms with E-state index in [2.05, 4.69) is 15.2 Å². The summed E-state index contributed by atoms with van der Waals surface area (Å²) < 4.78 is 11.1. The molecule has 0 fully saturated rings. The molecule has 1 aromatic heterocycles. The molecule has 134 valence electrons. The molecule has 0 saturated heterocycles. The first kappa shape index (κ1) is 17.8. The molecule has 6 heteroatoms. The number of H-pyrrole nitrogens is 1. The van der Waals surface area contributed by atoms with Crippen LogP contribution in [-0.4, -0.2) is 27.8 Å². The highest BCUT2D eigenvalue weighted by atomic mass is 16.5. The molecule has 0 aliphatic heterocycles. The van der Waals surface area contributed by atoms with Gasteiger partial charge in [0.1, 0.15) is 5.82 Å². The van der Waals surface area contributed by atoms with Gasteiger partial charge in [0.05, 0.1) is 19.3 Å². The second-order valence-corrected chi connectivity index (χ2v) is 5.73. The summed E-state index contributed by atoms with van der Waals surface area (Å²) >= 11 is 0. The minimum Gasteiger partial charge on any atom is -0.460 e. The Bertz CT molecular complexity index is 819. The Morgan fingerprint density at radius 1 is 1.08 bits per heavy atom. The fourth-order valence-electron chi connectivity index (χ4n) is 2.56. The molecule has 0 saturated carbocycles. The van der Waals surface area contributed by atoms with Crippen molar-refractivity contribution in [3.63, 3.8) is 0 Å². The summed E-state index contributed by atoms with van der Waals surface area (Å²) in [6.07, 6.45) is 0.267. The number of ether oxygens (including phenoxy) is 2. The lowest BCUT2D eigenvalue weighted by Crippen LogP contribution is -2.10. The van der Waals surface area contributed by atoms with E-state index >= 15 is 0 Å². The van der Waals surface area contributed by atoms with Crippen molar-refractivity contribution in [2.24, 2.45) is 0 Å². The third kappa shape index (κ3) is 4.77. The number of nitrogens with zero attached hydrogens (tertiary/aromatic N) is 2. The fraction of sp³-hybridized carbons (Fsp3) is 0.250. The molecule has 0 spiro atoms. The summed E-state index contributed by atoms with van der Waals surface area (Å²) in [6, 6.07) is 19.9. The van der Waals surface area contributed by atoms with Crippen LogP contribution in [0.25, 0.3) is 0 Å². The molecule has 0 amide bonds. The van der Waals surface area contributed by atoms with Gasteiger partial charge in [-0.2, -0.15) is 0 Å². The number of esters is 1. The number of benzene rings is 2. The molecule has 1 N–H and O–H groups in total. The van der Waals surface area contributed by atoms with Gasteiger partial charge in [-0.15, -0.1) is 5.10 Å². The number of aromatic amines is 1. The number of carbonyl (C=O) groups excluding carboxylic acids is 1. The van der Waals surface area contributed by atoms with E-state index in [0.717, 1.165) is 11.1 Å². The summed E-state index contributed by atoms with van der Waals surface area (Å²) in [6.45, 7) is 2.52. The van der Waals surface area contributed by atoms with Crippen LogP contribution < -0.4 is 0 Å². The van der Waals surface area contributed by atoms with Gasteiger partial charge >= 0.3 is 5.97 Å². The number of nitrogens with one attached hydrogen (secondary N) is 1. The second kappa shape index (κ2) is 8.92. The molecule has 1 atom stereocenters. The van der Waals surface area contributed by atoms with Gasteiger partial charge in [0, 0.05) is 6.42 Å². The van der Waals surface area contributed by atoms with Crippen molar-refractivity contribution < 1.29 is 14.3 Å². The van der Waals surface area contributed by atoms with E-state index in [1.54, 1.807) is 6.92 Å². The van der Waals surface area contributed by atoms with Crippen molar-refractivity contribution in [2.45, 2.75) is 26.1 Å². The van der Waals surface area contributed by atoms with Crippen LogP contribution in [-0.2, 0) is 22.5 Å². The summed E-state index contributed by atoms with van der Waals surface area (Å²) in [7, 11) is 0. The molecule has 0 bridgehead atoms. The topological polar surface area (TPSA) is 77.1 Å². The van der Waals surface area contributed by atoms with Crippen LogP contribution >= 0.6 is 0 Å². The zero-order valence-corrected chi connectivity index (χ0v) is 14.6. The largest absolute Gasteiger partial charge is 0.460 e. The Hall–Kier alpha value is -2.99. The fourth-order valence-corrected chi connectivity index (χ4v) is 2.56. The molecule has 3 aromatic rings. The molecular weight excluding hydrogens is 330 g/mol. The highest BCUT2D eigenvalue weighted by Crippen LogP contribution is 2.22. The Morgan fingerprint density at radius 3 is 2.46 bits per heavy atom. The van der Waals surface area contributed by atoms with Crippen molar-refractivity contribution in [3.8, 4) is 0 Å². The van der Waals surface area contributed by atoms with E-state index < -0.39 is 5.97 Å². The average molecular weight is 351 g/mol. The SMILES string of the molecule is CCOC(=O)c1n[nH]c(CC(OCc2ccccc2)c2ccccc2)n1. The molecule has 1 unspecified atom stereocenters. The monoisotopic (exact) mass is 351 g/mol. The van der Waals surface area contributed by atoms with Gasteiger partial charge < -0.3 is 9.47 Å². The van der Waals surface area contributed by atoms with E-state index in [9.17, 15) is 4.79 Å². The van der Waals surface area contributed by atoms with Gasteiger partial charge in [0.2, 0.25) is 0 Å².